The van der Waals surface area contributed by atoms with E-state index in [1.165, 1.54) is 16.2 Å². The van der Waals surface area contributed by atoms with Crippen molar-refractivity contribution in [2.24, 2.45) is 0 Å². The number of hydrogen-bond donors (Lipinski definition) is 0. The van der Waals surface area contributed by atoms with Crippen LogP contribution in [-0.2, 0) is 16.1 Å². The first-order valence-electron chi connectivity index (χ1n) is 9.42. The number of thiophene rings is 1. The predicted molar refractivity (Wildman–Crippen MR) is 113 cm³/mol. The highest BCUT2D eigenvalue weighted by Gasteiger charge is 2.24. The number of ether oxygens (including phenoxy) is 2. The van der Waals surface area contributed by atoms with E-state index in [4.69, 9.17) is 14.7 Å². The Morgan fingerprint density at radius 3 is 2.70 bits per heavy atom. The second kappa shape index (κ2) is 8.80. The number of para-hydroxylation sites is 2. The molecule has 3 aromatic rings. The number of esters is 1. The van der Waals surface area contributed by atoms with Crippen molar-refractivity contribution in [1.82, 2.24) is 0 Å². The van der Waals surface area contributed by atoms with Crippen molar-refractivity contribution in [2.45, 2.75) is 13.0 Å². The zero-order valence-electron chi connectivity index (χ0n) is 16.0. The number of amides is 1. The molecule has 30 heavy (non-hydrogen) atoms. The van der Waals surface area contributed by atoms with Crippen LogP contribution in [-0.4, -0.2) is 25.0 Å². The summed E-state index contributed by atoms with van der Waals surface area (Å²) >= 11 is 1.33. The van der Waals surface area contributed by atoms with Gasteiger partial charge in [0.15, 0.2) is 6.61 Å². The average Bonchev–Trinajstić information content (AvgIpc) is 3.23. The standard InChI is InChI=1S/C23H18N2O4S/c24-11-6-12-25(17-7-2-1-3-8-17)21(26)15-29-23(27)20-13-16-14-28-19-10-5-4-9-18(19)22(16)30-20/h1-5,7-10,13H,6,12,14-15H2. The summed E-state index contributed by atoms with van der Waals surface area (Å²) in [5.74, 6) is -0.133. The van der Waals surface area contributed by atoms with Gasteiger partial charge in [0.25, 0.3) is 5.91 Å². The van der Waals surface area contributed by atoms with Gasteiger partial charge in [-0.05, 0) is 30.3 Å². The third kappa shape index (κ3) is 4.04. The van der Waals surface area contributed by atoms with Crippen LogP contribution in [0, 0.1) is 11.3 Å². The first-order valence-corrected chi connectivity index (χ1v) is 10.2. The first kappa shape index (κ1) is 19.7. The molecular weight excluding hydrogens is 400 g/mol. The summed E-state index contributed by atoms with van der Waals surface area (Å²) in [5, 5.41) is 8.88. The Labute approximate surface area is 177 Å². The van der Waals surface area contributed by atoms with Crippen LogP contribution >= 0.6 is 11.3 Å². The molecule has 0 saturated carbocycles. The van der Waals surface area contributed by atoms with Crippen LogP contribution in [0.2, 0.25) is 0 Å². The van der Waals surface area contributed by atoms with Gasteiger partial charge in [-0.1, -0.05) is 30.3 Å². The number of rotatable bonds is 6. The SMILES string of the molecule is N#CCCN(C(=O)COC(=O)c1cc2c(s1)-c1ccccc1OC2)c1ccccc1. The number of fused-ring (bicyclic) bond motifs is 3. The number of anilines is 1. The number of carbonyl (C=O) groups is 2. The molecule has 1 amide bonds. The number of hydrogen-bond acceptors (Lipinski definition) is 6. The van der Waals surface area contributed by atoms with Gasteiger partial charge in [-0.25, -0.2) is 4.79 Å². The predicted octanol–water partition coefficient (Wildman–Crippen LogP) is 4.41. The highest BCUT2D eigenvalue weighted by Crippen LogP contribution is 2.42. The van der Waals surface area contributed by atoms with E-state index in [9.17, 15) is 9.59 Å². The summed E-state index contributed by atoms with van der Waals surface area (Å²) < 4.78 is 11.0. The van der Waals surface area contributed by atoms with E-state index in [0.717, 1.165) is 21.8 Å². The minimum Gasteiger partial charge on any atom is -0.488 e. The molecule has 7 heteroatoms. The maximum Gasteiger partial charge on any atom is 0.348 e. The number of nitrogens with zero attached hydrogens (tertiary/aromatic N) is 2. The largest absolute Gasteiger partial charge is 0.488 e. The summed E-state index contributed by atoms with van der Waals surface area (Å²) in [6, 6.07) is 20.5. The molecule has 2 aromatic carbocycles. The third-order valence-electron chi connectivity index (χ3n) is 4.67. The molecule has 4 rings (SSSR count). The highest BCUT2D eigenvalue weighted by atomic mass is 32.1. The molecule has 0 fully saturated rings. The normalized spacial score (nSPS) is 11.4. The van der Waals surface area contributed by atoms with Gasteiger partial charge in [0, 0.05) is 28.2 Å². The van der Waals surface area contributed by atoms with Gasteiger partial charge in [0.05, 0.1) is 12.5 Å². The van der Waals surface area contributed by atoms with Crippen molar-refractivity contribution < 1.29 is 19.1 Å². The second-order valence-corrected chi connectivity index (χ2v) is 7.67. The molecule has 6 nitrogen and oxygen atoms in total. The fraction of sp³-hybridized carbons (Fsp3) is 0.174. The van der Waals surface area contributed by atoms with Gasteiger partial charge in [-0.15, -0.1) is 11.3 Å². The lowest BCUT2D eigenvalue weighted by atomic mass is 10.1. The Bertz CT molecular complexity index is 1120. The molecule has 0 atom stereocenters. The average molecular weight is 418 g/mol. The maximum atomic E-state index is 12.7. The Balaban J connectivity index is 1.45. The van der Waals surface area contributed by atoms with Crippen LogP contribution in [0.5, 0.6) is 5.75 Å². The fourth-order valence-corrected chi connectivity index (χ4v) is 4.33. The molecule has 150 valence electrons. The minimum atomic E-state index is -0.548. The van der Waals surface area contributed by atoms with E-state index in [1.807, 2.05) is 48.5 Å². The van der Waals surface area contributed by atoms with Crippen LogP contribution in [0.15, 0.2) is 60.7 Å². The van der Waals surface area contributed by atoms with Gasteiger partial charge in [-0.2, -0.15) is 5.26 Å². The van der Waals surface area contributed by atoms with Crippen molar-refractivity contribution in [3.63, 3.8) is 0 Å². The summed E-state index contributed by atoms with van der Waals surface area (Å²) in [5.41, 5.74) is 2.54. The molecule has 1 aromatic heterocycles. The van der Waals surface area contributed by atoms with E-state index in [0.29, 0.717) is 17.2 Å². The van der Waals surface area contributed by atoms with Crippen molar-refractivity contribution in [3.8, 4) is 22.3 Å². The van der Waals surface area contributed by atoms with Gasteiger partial charge in [-0.3, -0.25) is 4.79 Å². The third-order valence-corrected chi connectivity index (χ3v) is 5.86. The van der Waals surface area contributed by atoms with Crippen molar-refractivity contribution >= 4 is 28.9 Å². The van der Waals surface area contributed by atoms with E-state index in [2.05, 4.69) is 0 Å². The van der Waals surface area contributed by atoms with E-state index in [-0.39, 0.29) is 18.9 Å². The van der Waals surface area contributed by atoms with Crippen LogP contribution < -0.4 is 9.64 Å². The highest BCUT2D eigenvalue weighted by molar-refractivity contribution is 7.17. The Morgan fingerprint density at radius 2 is 1.90 bits per heavy atom. The lowest BCUT2D eigenvalue weighted by Crippen LogP contribution is -2.35. The first-order chi connectivity index (χ1) is 14.7. The van der Waals surface area contributed by atoms with Crippen LogP contribution in [0.3, 0.4) is 0 Å². The maximum absolute atomic E-state index is 12.7. The fourth-order valence-electron chi connectivity index (χ4n) is 3.24. The summed E-state index contributed by atoms with van der Waals surface area (Å²) in [6.45, 7) is 0.234. The Hall–Kier alpha value is -3.63. The molecule has 1 aliphatic heterocycles. The summed E-state index contributed by atoms with van der Waals surface area (Å²) in [6.07, 6.45) is 0.186. The van der Waals surface area contributed by atoms with Crippen LogP contribution in [0.4, 0.5) is 5.69 Å². The molecule has 0 bridgehead atoms. The Kier molecular flexibility index (Phi) is 5.77. The zero-order chi connectivity index (χ0) is 20.9. The minimum absolute atomic E-state index is 0.186. The van der Waals surface area contributed by atoms with Crippen molar-refractivity contribution in [2.75, 3.05) is 18.1 Å². The quantitative estimate of drug-likeness (QED) is 0.554. The van der Waals surface area contributed by atoms with Gasteiger partial charge < -0.3 is 14.4 Å². The van der Waals surface area contributed by atoms with Gasteiger partial charge in [0.2, 0.25) is 0 Å². The van der Waals surface area contributed by atoms with Crippen LogP contribution in [0.25, 0.3) is 10.4 Å². The molecule has 0 unspecified atom stereocenters. The monoisotopic (exact) mass is 418 g/mol. The zero-order valence-corrected chi connectivity index (χ0v) is 16.9. The van der Waals surface area contributed by atoms with Gasteiger partial charge >= 0.3 is 5.97 Å². The lowest BCUT2D eigenvalue weighted by molar-refractivity contribution is -0.121. The molecule has 0 saturated heterocycles. The van der Waals surface area contributed by atoms with E-state index in [1.54, 1.807) is 18.2 Å². The number of nitriles is 1. The summed E-state index contributed by atoms with van der Waals surface area (Å²) in [4.78, 5) is 28.1. The van der Waals surface area contributed by atoms with Crippen molar-refractivity contribution in [3.05, 3.63) is 71.1 Å². The topological polar surface area (TPSA) is 79.6 Å². The molecule has 0 aliphatic carbocycles. The Morgan fingerprint density at radius 1 is 1.13 bits per heavy atom. The molecular formula is C23H18N2O4S. The number of carbonyl (C=O) groups excluding carboxylic acids is 2. The van der Waals surface area contributed by atoms with E-state index < -0.39 is 12.6 Å². The van der Waals surface area contributed by atoms with Crippen LogP contribution in [0.1, 0.15) is 21.7 Å². The van der Waals surface area contributed by atoms with Crippen molar-refractivity contribution in [1.29, 1.82) is 5.26 Å². The smallest absolute Gasteiger partial charge is 0.348 e. The molecule has 2 heterocycles. The summed E-state index contributed by atoms with van der Waals surface area (Å²) in [7, 11) is 0. The molecule has 0 spiro atoms. The lowest BCUT2D eigenvalue weighted by Gasteiger charge is -2.21. The molecule has 0 radical (unpaired) electrons. The number of benzene rings is 2. The van der Waals surface area contributed by atoms with E-state index >= 15 is 0 Å². The second-order valence-electron chi connectivity index (χ2n) is 6.62. The molecule has 0 N–H and O–H groups in total. The molecule has 1 aliphatic rings. The van der Waals surface area contributed by atoms with Gasteiger partial charge in [0.1, 0.15) is 17.2 Å².